The highest BCUT2D eigenvalue weighted by Crippen LogP contribution is 2.20. The molecule has 0 N–H and O–H groups in total. The molecule has 3 rings (SSSR count). The summed E-state index contributed by atoms with van der Waals surface area (Å²) in [7, 11) is 0. The van der Waals surface area contributed by atoms with Crippen molar-refractivity contribution in [2.24, 2.45) is 0 Å². The zero-order valence-electron chi connectivity index (χ0n) is 18.3. The molecule has 2 aromatic rings. The van der Waals surface area contributed by atoms with E-state index in [1.807, 2.05) is 13.8 Å². The summed E-state index contributed by atoms with van der Waals surface area (Å²) >= 11 is 9.38. The zero-order chi connectivity index (χ0) is 25.8. The molecule has 2 amide bonds. The highest BCUT2D eigenvalue weighted by molar-refractivity contribution is 9.09. The third kappa shape index (κ3) is 10.9. The fourth-order valence-electron chi connectivity index (χ4n) is 2.72. The number of rotatable bonds is 2. The van der Waals surface area contributed by atoms with Crippen molar-refractivity contribution in [1.82, 2.24) is 3.93 Å². The van der Waals surface area contributed by atoms with Gasteiger partial charge < -0.3 is 0 Å². The topological polar surface area (TPSA) is 133 Å². The van der Waals surface area contributed by atoms with Gasteiger partial charge in [0.05, 0.1) is 62.7 Å². The molecule has 0 saturated carbocycles. The van der Waals surface area contributed by atoms with Crippen molar-refractivity contribution >= 4 is 59.8 Å². The van der Waals surface area contributed by atoms with Gasteiger partial charge in [-0.15, -0.1) is 0 Å². The van der Waals surface area contributed by atoms with E-state index in [1.54, 1.807) is 24.3 Å². The van der Waals surface area contributed by atoms with Crippen molar-refractivity contribution in [2.75, 3.05) is 0 Å². The summed E-state index contributed by atoms with van der Waals surface area (Å²) in [4.78, 5) is 20.9. The number of aryl methyl sites for hydroxylation is 2. The van der Waals surface area contributed by atoms with Crippen molar-refractivity contribution in [1.29, 1.82) is 21.0 Å². The SMILES string of the molecule is C.C.C.Cc1cc(C#N)c(C)cc1C#N.N#Cc1cc(CBr)c(C#N)cc1CBr.O=C1CCC(=O)N1Br. The minimum Gasteiger partial charge on any atom is -0.274 e. The van der Waals surface area contributed by atoms with Crippen LogP contribution in [-0.2, 0) is 20.2 Å². The molecule has 1 fully saturated rings. The number of halogens is 3. The molecule has 1 aliphatic rings. The van der Waals surface area contributed by atoms with Crippen LogP contribution in [0.25, 0.3) is 0 Å². The first-order valence-corrected chi connectivity index (χ1v) is 12.6. The summed E-state index contributed by atoms with van der Waals surface area (Å²) in [6.45, 7) is 3.66. The van der Waals surface area contributed by atoms with Crippen LogP contribution in [0, 0.1) is 59.2 Å². The van der Waals surface area contributed by atoms with Crippen LogP contribution in [0.1, 0.15) is 79.6 Å². The van der Waals surface area contributed by atoms with Crippen LogP contribution in [0.5, 0.6) is 0 Å². The van der Waals surface area contributed by atoms with Gasteiger partial charge in [-0.05, 0) is 60.4 Å². The molecule has 2 aromatic carbocycles. The maximum absolute atomic E-state index is 10.4. The number of hydrogen-bond donors (Lipinski definition) is 0. The summed E-state index contributed by atoms with van der Waals surface area (Å²) < 4.78 is 0.979. The van der Waals surface area contributed by atoms with E-state index in [9.17, 15) is 9.59 Å². The van der Waals surface area contributed by atoms with Crippen molar-refractivity contribution in [3.63, 3.8) is 0 Å². The van der Waals surface area contributed by atoms with E-state index < -0.39 is 0 Å². The number of carbonyl (C=O) groups excluding carboxylic acids is 2. The first kappa shape index (κ1) is 38.5. The van der Waals surface area contributed by atoms with Crippen LogP contribution in [0.4, 0.5) is 0 Å². The van der Waals surface area contributed by atoms with Crippen molar-refractivity contribution < 1.29 is 9.59 Å². The maximum atomic E-state index is 10.4. The van der Waals surface area contributed by atoms with Crippen LogP contribution < -0.4 is 0 Å². The third-order valence-electron chi connectivity index (χ3n) is 4.66. The molecular weight excluding hydrogens is 666 g/mol. The molecule has 10 heteroatoms. The van der Waals surface area contributed by atoms with Gasteiger partial charge in [0, 0.05) is 23.5 Å². The lowest BCUT2D eigenvalue weighted by Gasteiger charge is -2.04. The largest absolute Gasteiger partial charge is 0.274 e. The van der Waals surface area contributed by atoms with Gasteiger partial charge in [-0.3, -0.25) is 9.59 Å². The second kappa shape index (κ2) is 19.1. The molecule has 0 aromatic heterocycles. The van der Waals surface area contributed by atoms with E-state index in [0.717, 1.165) is 26.2 Å². The van der Waals surface area contributed by atoms with Gasteiger partial charge >= 0.3 is 0 Å². The van der Waals surface area contributed by atoms with Gasteiger partial charge in [-0.2, -0.15) is 21.0 Å². The second-order valence-electron chi connectivity index (χ2n) is 6.93. The average molecular weight is 696 g/mol. The molecule has 1 saturated heterocycles. The van der Waals surface area contributed by atoms with Crippen LogP contribution in [0.15, 0.2) is 24.3 Å². The highest BCUT2D eigenvalue weighted by atomic mass is 79.9. The van der Waals surface area contributed by atoms with Crippen molar-refractivity contribution in [3.05, 3.63) is 68.8 Å². The molecule has 0 unspecified atom stereocenters. The Balaban J connectivity index is -0.000000464. The number of nitriles is 4. The molecule has 37 heavy (non-hydrogen) atoms. The number of benzene rings is 2. The molecular formula is C27H30Br3N5O2. The lowest BCUT2D eigenvalue weighted by atomic mass is 10.0. The number of amides is 2. The minimum absolute atomic E-state index is 0. The number of imide groups is 1. The second-order valence-corrected chi connectivity index (χ2v) is 8.76. The molecule has 0 radical (unpaired) electrons. The van der Waals surface area contributed by atoms with E-state index in [0.29, 0.717) is 45.8 Å². The van der Waals surface area contributed by atoms with Gasteiger partial charge in [-0.1, -0.05) is 54.1 Å². The quantitative estimate of drug-likeness (QED) is 0.180. The Morgan fingerprint density at radius 2 is 0.973 bits per heavy atom. The number of hydrogen-bond acceptors (Lipinski definition) is 6. The molecule has 0 spiro atoms. The first-order valence-electron chi connectivity index (χ1n) is 9.68. The Morgan fingerprint density at radius 1 is 0.676 bits per heavy atom. The summed E-state index contributed by atoms with van der Waals surface area (Å²) in [6, 6.07) is 15.4. The van der Waals surface area contributed by atoms with Crippen LogP contribution >= 0.6 is 48.0 Å². The monoisotopic (exact) mass is 693 g/mol. The Labute approximate surface area is 245 Å². The summed E-state index contributed by atoms with van der Waals surface area (Å²) in [5.74, 6) is -0.287. The van der Waals surface area contributed by atoms with Gasteiger partial charge in [0.1, 0.15) is 0 Å². The van der Waals surface area contributed by atoms with Crippen LogP contribution in [0.2, 0.25) is 0 Å². The smallest absolute Gasteiger partial charge is 0.239 e. The van der Waals surface area contributed by atoms with Gasteiger partial charge in [0.2, 0.25) is 11.8 Å². The van der Waals surface area contributed by atoms with E-state index in [4.69, 9.17) is 21.0 Å². The predicted molar refractivity (Wildman–Crippen MR) is 157 cm³/mol. The highest BCUT2D eigenvalue weighted by Gasteiger charge is 2.26. The number of nitrogens with zero attached hydrogens (tertiary/aromatic N) is 5. The van der Waals surface area contributed by atoms with Gasteiger partial charge in [-0.25, -0.2) is 3.93 Å². The Kier molecular flexibility index (Phi) is 19.9. The van der Waals surface area contributed by atoms with Crippen LogP contribution in [-0.4, -0.2) is 15.7 Å². The summed E-state index contributed by atoms with van der Waals surface area (Å²) in [5, 5.41) is 36.3. The van der Waals surface area contributed by atoms with Gasteiger partial charge in [0.15, 0.2) is 0 Å². The normalized spacial score (nSPS) is 10.7. The fourth-order valence-corrected chi connectivity index (χ4v) is 4.01. The first-order chi connectivity index (χ1) is 16.2. The van der Waals surface area contributed by atoms with Crippen molar-refractivity contribution in [2.45, 2.75) is 59.6 Å². The molecule has 1 aliphatic heterocycles. The summed E-state index contributed by atoms with van der Waals surface area (Å²) in [6.07, 6.45) is 0.703. The minimum atomic E-state index is -0.144. The van der Waals surface area contributed by atoms with Gasteiger partial charge in [0.25, 0.3) is 0 Å². The predicted octanol–water partition coefficient (Wildman–Crippen LogP) is 7.62. The Morgan fingerprint density at radius 3 is 1.16 bits per heavy atom. The summed E-state index contributed by atoms with van der Waals surface area (Å²) in [5.41, 5.74) is 5.96. The van der Waals surface area contributed by atoms with E-state index >= 15 is 0 Å². The Hall–Kier alpha value is -3.02. The van der Waals surface area contributed by atoms with Crippen molar-refractivity contribution in [3.8, 4) is 24.3 Å². The molecule has 0 atom stereocenters. The molecule has 0 aliphatic carbocycles. The third-order valence-corrected chi connectivity index (χ3v) is 6.66. The molecule has 7 nitrogen and oxygen atoms in total. The molecule has 0 bridgehead atoms. The lowest BCUT2D eigenvalue weighted by molar-refractivity contribution is -0.131. The zero-order valence-corrected chi connectivity index (χ0v) is 23.1. The molecule has 196 valence electrons. The fraction of sp³-hybridized carbons (Fsp3) is 0.333. The standard InChI is InChI=1S/C10H6Br2N2.C10H8N2.C4H4BrNO2.3CH4/c11-3-7-1-9(5-13)8(4-12)2-10(7)6-14;1-7-3-10(6-12)8(2)4-9(7)5-11;5-6-3(7)1-2-4(6)8;;;/h1-2H,3-4H2;3-4H,1-2H3;1-2H2;3*1H4. The lowest BCUT2D eigenvalue weighted by Crippen LogP contribution is -2.16. The van der Waals surface area contributed by atoms with E-state index in [1.165, 1.54) is 0 Å². The van der Waals surface area contributed by atoms with E-state index in [-0.39, 0.29) is 34.1 Å². The number of carbonyl (C=O) groups is 2. The average Bonchev–Trinajstić information content (AvgIpc) is 3.15. The maximum Gasteiger partial charge on any atom is 0.239 e. The van der Waals surface area contributed by atoms with E-state index in [2.05, 4.69) is 72.3 Å². The number of alkyl halides is 2. The molecule has 1 heterocycles. The Bertz CT molecular complexity index is 1170. The van der Waals surface area contributed by atoms with Crippen LogP contribution in [0.3, 0.4) is 0 Å².